The van der Waals surface area contributed by atoms with E-state index in [1.54, 1.807) is 0 Å². The molecular formula is C23H35NaO9. The predicted octanol–water partition coefficient (Wildman–Crippen LogP) is 0.0848. The molecule has 0 spiro atoms. The van der Waals surface area contributed by atoms with E-state index in [0.717, 1.165) is 38.5 Å². The maximum atomic E-state index is 11.7. The van der Waals surface area contributed by atoms with Crippen LogP contribution in [0.4, 0.5) is 0 Å². The molecule has 6 fully saturated rings. The van der Waals surface area contributed by atoms with E-state index >= 15 is 0 Å². The molecule has 0 atom stereocenters. The molecule has 33 heavy (non-hydrogen) atoms. The van der Waals surface area contributed by atoms with Crippen LogP contribution < -0.4 is 29.6 Å². The first-order valence-electron chi connectivity index (χ1n) is 11.1. The molecule has 0 heterocycles. The largest absolute Gasteiger partial charge is 1.00 e. The Kier molecular flexibility index (Phi) is 10.0. The smallest absolute Gasteiger partial charge is 0.870 e. The van der Waals surface area contributed by atoms with Crippen LogP contribution in [0.1, 0.15) is 77.0 Å². The summed E-state index contributed by atoms with van der Waals surface area (Å²) < 4.78 is 14.6. The predicted molar refractivity (Wildman–Crippen MR) is 111 cm³/mol. The molecule has 10 heteroatoms. The maximum absolute atomic E-state index is 11.7. The van der Waals surface area contributed by atoms with Gasteiger partial charge in [0.2, 0.25) is 0 Å². The summed E-state index contributed by atoms with van der Waals surface area (Å²) in [5.74, 6) is -1.06. The van der Waals surface area contributed by atoms with Crippen LogP contribution in [-0.2, 0) is 33.4 Å². The van der Waals surface area contributed by atoms with E-state index in [2.05, 4.69) is 0 Å². The number of ether oxygens (including phenoxy) is 3. The number of carboxylic acid groups (broad SMARTS) is 1. The van der Waals surface area contributed by atoms with E-state index in [9.17, 15) is 24.3 Å². The molecule has 2 N–H and O–H groups in total. The van der Waals surface area contributed by atoms with Crippen LogP contribution in [0.15, 0.2) is 0 Å². The van der Waals surface area contributed by atoms with Gasteiger partial charge >= 0.3 is 53.4 Å². The Labute approximate surface area is 216 Å². The van der Waals surface area contributed by atoms with Crippen LogP contribution in [0.25, 0.3) is 0 Å². The van der Waals surface area contributed by atoms with E-state index in [4.69, 9.17) is 14.2 Å². The van der Waals surface area contributed by atoms with Crippen LogP contribution in [0.2, 0.25) is 0 Å². The first-order chi connectivity index (χ1) is 14.6. The van der Waals surface area contributed by atoms with Gasteiger partial charge in [0.05, 0.1) is 43.0 Å². The third kappa shape index (κ3) is 5.11. The molecule has 6 saturated carbocycles. The second-order valence-corrected chi connectivity index (χ2v) is 9.90. The van der Waals surface area contributed by atoms with Gasteiger partial charge in [-0.2, -0.15) is 0 Å². The normalized spacial score (nSPS) is 35.5. The van der Waals surface area contributed by atoms with Crippen LogP contribution >= 0.6 is 0 Å². The molecular weight excluding hydrogens is 443 g/mol. The fourth-order valence-corrected chi connectivity index (χ4v) is 6.26. The average Bonchev–Trinajstić information content (AvgIpc) is 2.84. The minimum Gasteiger partial charge on any atom is -0.870 e. The molecule has 0 amide bonds. The van der Waals surface area contributed by atoms with Gasteiger partial charge < -0.3 is 24.8 Å². The van der Waals surface area contributed by atoms with Crippen LogP contribution in [0.3, 0.4) is 0 Å². The van der Waals surface area contributed by atoms with Gasteiger partial charge in [-0.3, -0.25) is 19.2 Å². The van der Waals surface area contributed by atoms with Crippen molar-refractivity contribution in [2.45, 2.75) is 77.0 Å². The number of carbonyl (C=O) groups is 4. The van der Waals surface area contributed by atoms with Gasteiger partial charge in [0, 0.05) is 0 Å². The van der Waals surface area contributed by atoms with Gasteiger partial charge in [0.1, 0.15) is 0 Å². The number of esters is 3. The van der Waals surface area contributed by atoms with E-state index in [-0.39, 0.29) is 69.2 Å². The Morgan fingerprint density at radius 1 is 0.515 bits per heavy atom. The number of rotatable bonds is 4. The topological polar surface area (TPSA) is 146 Å². The second kappa shape index (κ2) is 11.1. The fraction of sp³-hybridized carbons (Fsp3) is 0.826. The summed E-state index contributed by atoms with van der Waals surface area (Å²) in [5, 5.41) is 9.18. The molecule has 4 bridgehead atoms. The van der Waals surface area contributed by atoms with Gasteiger partial charge in [-0.05, 0) is 77.0 Å². The number of hydrogen-bond acceptors (Lipinski definition) is 8. The molecule has 6 aliphatic rings. The Hall–Kier alpha value is -1.16. The molecule has 6 rings (SSSR count). The van der Waals surface area contributed by atoms with Crippen molar-refractivity contribution in [3.8, 4) is 0 Å². The molecule has 0 aromatic heterocycles. The van der Waals surface area contributed by atoms with E-state index in [1.807, 2.05) is 0 Å². The summed E-state index contributed by atoms with van der Waals surface area (Å²) in [6, 6.07) is 0. The van der Waals surface area contributed by atoms with Crippen molar-refractivity contribution in [2.24, 2.45) is 21.7 Å². The number of hydrogen-bond donors (Lipinski definition) is 1. The minimum atomic E-state index is -0.694. The van der Waals surface area contributed by atoms with Gasteiger partial charge in [-0.1, -0.05) is 0 Å². The van der Waals surface area contributed by atoms with Crippen LogP contribution in [0, 0.1) is 21.7 Å². The van der Waals surface area contributed by atoms with Crippen molar-refractivity contribution in [3.63, 3.8) is 0 Å². The van der Waals surface area contributed by atoms with Gasteiger partial charge in [0.15, 0.2) is 0 Å². The van der Waals surface area contributed by atoms with E-state index in [0.29, 0.717) is 38.5 Å². The number of carbonyl (C=O) groups excluding carboxylic acids is 3. The summed E-state index contributed by atoms with van der Waals surface area (Å²) in [6.45, 7) is 0. The Bertz CT molecular complexity index is 682. The molecule has 6 aliphatic carbocycles. The molecule has 182 valence electrons. The molecule has 0 aromatic carbocycles. The number of carboxylic acids is 1. The first kappa shape index (κ1) is 29.9. The number of methoxy groups -OCH3 is 3. The summed E-state index contributed by atoms with van der Waals surface area (Å²) in [7, 11) is 4.28. The second-order valence-electron chi connectivity index (χ2n) is 9.90. The zero-order valence-electron chi connectivity index (χ0n) is 20.2. The molecule has 0 radical (unpaired) electrons. The third-order valence-corrected chi connectivity index (χ3v) is 8.80. The van der Waals surface area contributed by atoms with Crippen molar-refractivity contribution < 1.29 is 73.5 Å². The van der Waals surface area contributed by atoms with E-state index < -0.39 is 11.4 Å². The molecule has 0 aromatic rings. The summed E-state index contributed by atoms with van der Waals surface area (Å²) in [5.41, 5.74) is -1.54. The molecule has 9 nitrogen and oxygen atoms in total. The maximum Gasteiger partial charge on any atom is 1.00 e. The number of aliphatic carboxylic acids is 1. The Balaban J connectivity index is 0.000000312. The Morgan fingerprint density at radius 3 is 0.848 bits per heavy atom. The third-order valence-electron chi connectivity index (χ3n) is 8.80. The van der Waals surface area contributed by atoms with Crippen molar-refractivity contribution in [1.82, 2.24) is 0 Å². The minimum absolute atomic E-state index is 0. The fourth-order valence-electron chi connectivity index (χ4n) is 6.26. The molecule has 0 saturated heterocycles. The van der Waals surface area contributed by atoms with Crippen LogP contribution in [-0.4, -0.2) is 55.8 Å². The van der Waals surface area contributed by atoms with Crippen molar-refractivity contribution in [2.75, 3.05) is 21.3 Å². The van der Waals surface area contributed by atoms with Crippen LogP contribution in [0.5, 0.6) is 0 Å². The quantitative estimate of drug-likeness (QED) is 0.337. The summed E-state index contributed by atoms with van der Waals surface area (Å²) in [6.07, 6.45) is 8.44. The Morgan fingerprint density at radius 2 is 0.697 bits per heavy atom. The van der Waals surface area contributed by atoms with Gasteiger partial charge in [-0.15, -0.1) is 0 Å². The average molecular weight is 479 g/mol. The van der Waals surface area contributed by atoms with Gasteiger partial charge in [-0.25, -0.2) is 0 Å². The van der Waals surface area contributed by atoms with Gasteiger partial charge in [0.25, 0.3) is 0 Å². The van der Waals surface area contributed by atoms with E-state index in [1.165, 1.54) is 21.3 Å². The van der Waals surface area contributed by atoms with Crippen molar-refractivity contribution in [1.29, 1.82) is 0 Å². The van der Waals surface area contributed by atoms with Crippen molar-refractivity contribution in [3.05, 3.63) is 0 Å². The monoisotopic (exact) mass is 478 g/mol. The first-order valence-corrected chi connectivity index (χ1v) is 11.1. The molecule has 0 aliphatic heterocycles. The van der Waals surface area contributed by atoms with Crippen molar-refractivity contribution >= 4 is 23.9 Å². The standard InChI is InChI=1S/C12H18O4.C11H16O4.Na.H2O/c1-15-9(13)11-3-6-12(7-4-11,8-5-11)10(14)16-2;1-15-9(14)11-5-2-10(3-6-11,4-7-11)8(12)13;;/h3-8H2,1-2H3;2-7H2,1H3,(H,12,13);;1H2/q;;+1;/p-1. The summed E-state index contributed by atoms with van der Waals surface area (Å²) >= 11 is 0. The zero-order valence-corrected chi connectivity index (χ0v) is 22.2. The zero-order chi connectivity index (χ0) is 22.9. The SMILES string of the molecule is COC(=O)C12CCC(C(=O)O)(CC1)CC2.COC(=O)C12CCC(C(=O)OC)(CC1)CC2.[Na+].[OH-]. The molecule has 0 unspecified atom stereocenters. The summed E-state index contributed by atoms with van der Waals surface area (Å²) in [4.78, 5) is 46.3. The number of fused-ring (bicyclic) bond motifs is 6.